The number of hydrogen-bond donors (Lipinski definition) is 1. The number of nitrogens with zero attached hydrogens (tertiary/aromatic N) is 1. The molecule has 21 heavy (non-hydrogen) atoms. The van der Waals surface area contributed by atoms with Gasteiger partial charge in [0.25, 0.3) is 0 Å². The molecule has 0 bridgehead atoms. The van der Waals surface area contributed by atoms with Gasteiger partial charge in [-0.15, -0.1) is 6.58 Å². The normalized spacial score (nSPS) is 16.8. The quantitative estimate of drug-likeness (QED) is 0.699. The van der Waals surface area contributed by atoms with Crippen LogP contribution in [0.5, 0.6) is 5.75 Å². The summed E-state index contributed by atoms with van der Waals surface area (Å²) in [6, 6.07) is 7.94. The summed E-state index contributed by atoms with van der Waals surface area (Å²) < 4.78 is 5.77. The summed E-state index contributed by atoms with van der Waals surface area (Å²) in [5.74, 6) is 0.852. The zero-order valence-corrected chi connectivity index (χ0v) is 13.3. The van der Waals surface area contributed by atoms with Crippen LogP contribution in [0.2, 0.25) is 0 Å². The number of ether oxygens (including phenoxy) is 1. The Bertz CT molecular complexity index is 419. The van der Waals surface area contributed by atoms with E-state index in [2.05, 4.69) is 11.5 Å². The van der Waals surface area contributed by atoms with Gasteiger partial charge in [-0.1, -0.05) is 30.7 Å². The molecule has 1 heterocycles. The van der Waals surface area contributed by atoms with Gasteiger partial charge >= 0.3 is 0 Å². The molecule has 3 nitrogen and oxygen atoms in total. The first-order chi connectivity index (χ1) is 9.79. The van der Waals surface area contributed by atoms with Gasteiger partial charge in [-0.05, 0) is 44.0 Å². The second-order valence-electron chi connectivity index (χ2n) is 5.43. The molecule has 1 atom stereocenters. The third kappa shape index (κ3) is 6.08. The number of halogens is 1. The summed E-state index contributed by atoms with van der Waals surface area (Å²) in [7, 11) is 0. The van der Waals surface area contributed by atoms with Crippen LogP contribution < -0.4 is 17.1 Å². The number of allylic oxidation sites excluding steroid dienone is 1. The highest BCUT2D eigenvalue weighted by Gasteiger charge is 2.15. The van der Waals surface area contributed by atoms with Gasteiger partial charge in [0.05, 0.1) is 0 Å². The Kier molecular flexibility index (Phi) is 8.43. The zero-order valence-electron chi connectivity index (χ0n) is 12.5. The molecule has 0 saturated carbocycles. The van der Waals surface area contributed by atoms with Crippen molar-refractivity contribution < 1.29 is 22.3 Å². The van der Waals surface area contributed by atoms with E-state index in [1.807, 2.05) is 30.3 Å². The van der Waals surface area contributed by atoms with E-state index in [-0.39, 0.29) is 12.4 Å². The second kappa shape index (κ2) is 9.82. The van der Waals surface area contributed by atoms with Gasteiger partial charge in [0.2, 0.25) is 0 Å². The molecule has 118 valence electrons. The van der Waals surface area contributed by atoms with E-state index < -0.39 is 6.10 Å². The Balaban J connectivity index is 0.00000220. The zero-order chi connectivity index (χ0) is 14.2. The van der Waals surface area contributed by atoms with Crippen LogP contribution in [0.1, 0.15) is 24.8 Å². The maximum absolute atomic E-state index is 10.1. The monoisotopic (exact) mass is 310 g/mol. The fourth-order valence-corrected chi connectivity index (χ4v) is 2.65. The van der Waals surface area contributed by atoms with Gasteiger partial charge in [-0.2, -0.15) is 0 Å². The van der Waals surface area contributed by atoms with E-state index in [0.29, 0.717) is 13.2 Å². The number of β-amino-alcohol motifs (C(OH)–C–C–N with tert-alkyl or cyclic N) is 1. The van der Waals surface area contributed by atoms with Gasteiger partial charge in [-0.25, -0.2) is 0 Å². The van der Waals surface area contributed by atoms with E-state index in [0.717, 1.165) is 30.8 Å². The lowest BCUT2D eigenvalue weighted by atomic mass is 10.1. The van der Waals surface area contributed by atoms with Crippen LogP contribution in [0.4, 0.5) is 0 Å². The largest absolute Gasteiger partial charge is 1.00 e. The summed E-state index contributed by atoms with van der Waals surface area (Å²) in [6.07, 6.45) is 6.04. The van der Waals surface area contributed by atoms with Gasteiger partial charge < -0.3 is 27.2 Å². The molecule has 1 aromatic carbocycles. The molecule has 1 saturated heterocycles. The smallest absolute Gasteiger partial charge is 0.122 e. The topological polar surface area (TPSA) is 32.7 Å². The number of aliphatic hydroxyl groups excluding tert-OH is 1. The van der Waals surface area contributed by atoms with Crippen molar-refractivity contribution in [2.24, 2.45) is 0 Å². The molecule has 2 rings (SSSR count). The minimum absolute atomic E-state index is 0. The fourth-order valence-electron chi connectivity index (χ4n) is 2.65. The van der Waals surface area contributed by atoms with Crippen LogP contribution in [-0.4, -0.2) is 42.4 Å². The fraction of sp³-hybridized carbons (Fsp3) is 0.529. The van der Waals surface area contributed by atoms with Crippen LogP contribution in [0.3, 0.4) is 0 Å². The molecule has 0 aromatic heterocycles. The molecule has 1 aromatic rings. The maximum Gasteiger partial charge on any atom is 0.122 e. The standard InChI is InChI=1S/C17H25NO2.ClH/c1-2-8-15-9-4-5-10-17(15)20-14-16(19)13-18-11-6-3-7-12-18;/h2,4-5,9-10,16,19H,1,3,6-8,11-14H2;1H/p-1. The highest BCUT2D eigenvalue weighted by Crippen LogP contribution is 2.19. The predicted molar refractivity (Wildman–Crippen MR) is 82.1 cm³/mol. The first-order valence-electron chi connectivity index (χ1n) is 7.51. The Hall–Kier alpha value is -1.03. The summed E-state index contributed by atoms with van der Waals surface area (Å²) >= 11 is 0. The lowest BCUT2D eigenvalue weighted by Gasteiger charge is -2.28. The number of likely N-dealkylation sites (tertiary alicyclic amines) is 1. The molecular formula is C17H25ClNO2-. The van der Waals surface area contributed by atoms with E-state index in [4.69, 9.17) is 4.74 Å². The highest BCUT2D eigenvalue weighted by atomic mass is 35.5. The second-order valence-corrected chi connectivity index (χ2v) is 5.43. The maximum atomic E-state index is 10.1. The Labute approximate surface area is 134 Å². The molecule has 1 aliphatic rings. The number of hydrogen-bond acceptors (Lipinski definition) is 3. The third-order valence-corrected chi connectivity index (χ3v) is 3.69. The molecule has 0 amide bonds. The Morgan fingerprint density at radius 3 is 2.67 bits per heavy atom. The summed E-state index contributed by atoms with van der Waals surface area (Å²) in [5.41, 5.74) is 1.12. The van der Waals surface area contributed by atoms with Crippen LogP contribution >= 0.6 is 0 Å². The van der Waals surface area contributed by atoms with Crippen molar-refractivity contribution in [3.63, 3.8) is 0 Å². The van der Waals surface area contributed by atoms with E-state index in [1.54, 1.807) is 0 Å². The number of piperidine rings is 1. The minimum atomic E-state index is -0.426. The average molecular weight is 311 g/mol. The summed E-state index contributed by atoms with van der Waals surface area (Å²) in [5, 5.41) is 10.1. The molecule has 0 radical (unpaired) electrons. The van der Waals surface area contributed by atoms with Crippen molar-refractivity contribution in [3.05, 3.63) is 42.5 Å². The van der Waals surface area contributed by atoms with Crippen molar-refractivity contribution in [2.75, 3.05) is 26.2 Å². The van der Waals surface area contributed by atoms with Gasteiger partial charge in [-0.3, -0.25) is 0 Å². The number of benzene rings is 1. The molecule has 4 heteroatoms. The van der Waals surface area contributed by atoms with Gasteiger partial charge in [0.1, 0.15) is 18.5 Å². The molecule has 1 fully saturated rings. The van der Waals surface area contributed by atoms with Crippen molar-refractivity contribution >= 4 is 0 Å². The lowest BCUT2D eigenvalue weighted by Crippen LogP contribution is -3.00. The van der Waals surface area contributed by atoms with Crippen LogP contribution in [0.15, 0.2) is 36.9 Å². The van der Waals surface area contributed by atoms with Crippen molar-refractivity contribution in [2.45, 2.75) is 31.8 Å². The molecule has 1 aliphatic heterocycles. The van der Waals surface area contributed by atoms with Crippen LogP contribution in [0, 0.1) is 0 Å². The Morgan fingerprint density at radius 2 is 1.95 bits per heavy atom. The number of rotatable bonds is 7. The number of aliphatic hydroxyl groups is 1. The molecule has 1 unspecified atom stereocenters. The van der Waals surface area contributed by atoms with Crippen molar-refractivity contribution in [3.8, 4) is 5.75 Å². The highest BCUT2D eigenvalue weighted by molar-refractivity contribution is 5.34. The predicted octanol–water partition coefficient (Wildman–Crippen LogP) is -0.355. The molecular weight excluding hydrogens is 286 g/mol. The first-order valence-corrected chi connectivity index (χ1v) is 7.51. The molecule has 1 N–H and O–H groups in total. The Morgan fingerprint density at radius 1 is 1.24 bits per heavy atom. The van der Waals surface area contributed by atoms with E-state index in [9.17, 15) is 5.11 Å². The van der Waals surface area contributed by atoms with Crippen LogP contribution in [0.25, 0.3) is 0 Å². The lowest BCUT2D eigenvalue weighted by molar-refractivity contribution is -0.00000653. The summed E-state index contributed by atoms with van der Waals surface area (Å²) in [6.45, 7) is 7.02. The molecule has 0 spiro atoms. The van der Waals surface area contributed by atoms with Crippen molar-refractivity contribution in [1.29, 1.82) is 0 Å². The third-order valence-electron chi connectivity index (χ3n) is 3.69. The van der Waals surface area contributed by atoms with E-state index >= 15 is 0 Å². The van der Waals surface area contributed by atoms with Gasteiger partial charge in [0, 0.05) is 6.54 Å². The molecule has 0 aliphatic carbocycles. The van der Waals surface area contributed by atoms with Crippen molar-refractivity contribution in [1.82, 2.24) is 4.90 Å². The SMILES string of the molecule is C=CCc1ccccc1OCC(O)CN1CCCCC1.[Cl-]. The first kappa shape index (κ1) is 18.0. The number of para-hydroxylation sites is 1. The summed E-state index contributed by atoms with van der Waals surface area (Å²) in [4.78, 5) is 2.33. The van der Waals surface area contributed by atoms with Gasteiger partial charge in [0.15, 0.2) is 0 Å². The van der Waals surface area contributed by atoms with E-state index in [1.165, 1.54) is 19.3 Å². The van der Waals surface area contributed by atoms with Crippen LogP contribution in [-0.2, 0) is 6.42 Å². The average Bonchev–Trinajstić information content (AvgIpc) is 2.48. The minimum Gasteiger partial charge on any atom is -1.00 e.